The Hall–Kier alpha value is -1.07. The molecule has 9 heteroatoms. The van der Waals surface area contributed by atoms with Gasteiger partial charge >= 0.3 is 0 Å². The second kappa shape index (κ2) is 6.75. The third kappa shape index (κ3) is 3.99. The third-order valence-corrected chi connectivity index (χ3v) is 4.66. The molecule has 2 heterocycles. The SMILES string of the molecule is Cc1sccc1[N+](=O)[O-].O=[N+]([O-])c1ccsc1I. The molecule has 6 nitrogen and oxygen atoms in total. The molecule has 0 N–H and O–H groups in total. The van der Waals surface area contributed by atoms with Gasteiger partial charge in [-0.3, -0.25) is 20.2 Å². The van der Waals surface area contributed by atoms with Crippen LogP contribution in [0.15, 0.2) is 22.9 Å². The van der Waals surface area contributed by atoms with Crippen molar-refractivity contribution in [2.45, 2.75) is 6.92 Å². The van der Waals surface area contributed by atoms with Gasteiger partial charge in [0.25, 0.3) is 11.4 Å². The first-order valence-electron chi connectivity index (χ1n) is 4.49. The molecule has 0 bridgehead atoms. The minimum atomic E-state index is -0.377. The Bertz CT molecular complexity index is 516. The van der Waals surface area contributed by atoms with Gasteiger partial charge in [0.2, 0.25) is 0 Å². The molecule has 2 aromatic rings. The second-order valence-electron chi connectivity index (χ2n) is 2.96. The highest BCUT2D eigenvalue weighted by Crippen LogP contribution is 2.25. The van der Waals surface area contributed by atoms with E-state index in [1.807, 2.05) is 22.6 Å². The first-order chi connectivity index (χ1) is 8.43. The molecule has 2 rings (SSSR count). The van der Waals surface area contributed by atoms with Crippen LogP contribution in [-0.2, 0) is 0 Å². The Labute approximate surface area is 124 Å². The summed E-state index contributed by atoms with van der Waals surface area (Å²) >= 11 is 4.72. The standard InChI is InChI=1S/C5H5NO2S.C4H2INO2S/c1-4-5(6(7)8)2-3-9-4;5-4-3(6(7)8)1-2-9-4/h2-3H,1H3;1-2H. The summed E-state index contributed by atoms with van der Waals surface area (Å²) in [5, 5.41) is 23.6. The fourth-order valence-corrected chi connectivity index (χ4v) is 3.05. The lowest BCUT2D eigenvalue weighted by Crippen LogP contribution is -1.85. The Morgan fingerprint density at radius 3 is 1.78 bits per heavy atom. The van der Waals surface area contributed by atoms with Crippen LogP contribution in [-0.4, -0.2) is 9.85 Å². The highest BCUT2D eigenvalue weighted by Gasteiger charge is 2.10. The van der Waals surface area contributed by atoms with Crippen molar-refractivity contribution in [2.75, 3.05) is 0 Å². The molecular weight excluding hydrogens is 391 g/mol. The zero-order valence-corrected chi connectivity index (χ0v) is 12.8. The number of rotatable bonds is 2. The molecule has 0 aliphatic heterocycles. The maximum absolute atomic E-state index is 10.1. The highest BCUT2D eigenvalue weighted by molar-refractivity contribution is 14.1. The predicted octanol–water partition coefficient (Wildman–Crippen LogP) is 4.23. The Balaban J connectivity index is 0.000000180. The lowest BCUT2D eigenvalue weighted by atomic mass is 10.4. The van der Waals surface area contributed by atoms with Gasteiger partial charge in [-0.05, 0) is 40.3 Å². The summed E-state index contributed by atoms with van der Waals surface area (Å²) in [4.78, 5) is 20.2. The van der Waals surface area contributed by atoms with Crippen molar-refractivity contribution in [2.24, 2.45) is 0 Å². The molecule has 18 heavy (non-hydrogen) atoms. The van der Waals surface area contributed by atoms with Crippen molar-refractivity contribution in [3.8, 4) is 0 Å². The molecule has 0 saturated heterocycles. The number of hydrogen-bond acceptors (Lipinski definition) is 6. The molecule has 96 valence electrons. The summed E-state index contributed by atoms with van der Waals surface area (Å²) in [7, 11) is 0. The largest absolute Gasteiger partial charge is 0.293 e. The molecule has 0 atom stereocenters. The Kier molecular flexibility index (Phi) is 5.62. The highest BCUT2D eigenvalue weighted by atomic mass is 127. The lowest BCUT2D eigenvalue weighted by Gasteiger charge is -1.83. The van der Waals surface area contributed by atoms with Crippen LogP contribution in [0.1, 0.15) is 4.88 Å². The molecular formula is C9H7IN2O4S2. The number of thiophene rings is 2. The molecule has 0 unspecified atom stereocenters. The topological polar surface area (TPSA) is 86.3 Å². The number of halogens is 1. The van der Waals surface area contributed by atoms with Crippen LogP contribution in [0, 0.1) is 30.0 Å². The van der Waals surface area contributed by atoms with Crippen LogP contribution in [0.2, 0.25) is 0 Å². The smallest absolute Gasteiger partial charge is 0.258 e. The summed E-state index contributed by atoms with van der Waals surface area (Å²) in [6, 6.07) is 3.02. The van der Waals surface area contributed by atoms with Gasteiger partial charge in [-0.2, -0.15) is 0 Å². The van der Waals surface area contributed by atoms with Crippen LogP contribution in [0.5, 0.6) is 0 Å². The van der Waals surface area contributed by atoms with Crippen molar-refractivity contribution in [1.82, 2.24) is 0 Å². The van der Waals surface area contributed by atoms with Crippen LogP contribution >= 0.6 is 45.3 Å². The fourth-order valence-electron chi connectivity index (χ4n) is 0.984. The van der Waals surface area contributed by atoms with E-state index in [9.17, 15) is 20.2 Å². The maximum atomic E-state index is 10.1. The zero-order valence-electron chi connectivity index (χ0n) is 9.03. The zero-order chi connectivity index (χ0) is 13.7. The van der Waals surface area contributed by atoms with Gasteiger partial charge in [0, 0.05) is 12.1 Å². The Morgan fingerprint density at radius 1 is 1.06 bits per heavy atom. The fraction of sp³-hybridized carbons (Fsp3) is 0.111. The number of aryl methyl sites for hydroxylation is 1. The Morgan fingerprint density at radius 2 is 1.56 bits per heavy atom. The van der Waals surface area contributed by atoms with Gasteiger partial charge in [-0.1, -0.05) is 0 Å². The van der Waals surface area contributed by atoms with E-state index in [2.05, 4.69) is 0 Å². The van der Waals surface area contributed by atoms with Crippen molar-refractivity contribution in [3.05, 3.63) is 50.9 Å². The van der Waals surface area contributed by atoms with Crippen LogP contribution in [0.3, 0.4) is 0 Å². The van der Waals surface area contributed by atoms with Crippen molar-refractivity contribution in [1.29, 1.82) is 0 Å². The van der Waals surface area contributed by atoms with E-state index in [-0.39, 0.29) is 21.2 Å². The van der Waals surface area contributed by atoms with Gasteiger partial charge in [-0.25, -0.2) is 0 Å². The molecule has 0 saturated carbocycles. The molecule has 0 fully saturated rings. The van der Waals surface area contributed by atoms with E-state index >= 15 is 0 Å². The van der Waals surface area contributed by atoms with Crippen LogP contribution < -0.4 is 0 Å². The average molecular weight is 398 g/mol. The minimum Gasteiger partial charge on any atom is -0.258 e. The molecule has 0 aliphatic rings. The van der Waals surface area contributed by atoms with Crippen LogP contribution in [0.25, 0.3) is 0 Å². The molecule has 0 aromatic carbocycles. The van der Waals surface area contributed by atoms with Gasteiger partial charge in [0.15, 0.2) is 0 Å². The first kappa shape index (κ1) is 15.0. The van der Waals surface area contributed by atoms with Crippen LogP contribution in [0.4, 0.5) is 11.4 Å². The normalized spacial score (nSPS) is 9.44. The summed E-state index contributed by atoms with van der Waals surface area (Å²) in [6.45, 7) is 1.74. The summed E-state index contributed by atoms with van der Waals surface area (Å²) < 4.78 is 0.734. The summed E-state index contributed by atoms with van der Waals surface area (Å²) in [6.07, 6.45) is 0. The summed E-state index contributed by atoms with van der Waals surface area (Å²) in [5.74, 6) is 0. The van der Waals surface area contributed by atoms with Gasteiger partial charge in [0.05, 0.1) is 14.7 Å². The van der Waals surface area contributed by atoms with E-state index in [0.29, 0.717) is 0 Å². The minimum absolute atomic E-state index is 0.209. The van der Waals surface area contributed by atoms with Crippen molar-refractivity contribution >= 4 is 56.6 Å². The molecule has 2 aromatic heterocycles. The molecule has 0 aliphatic carbocycles. The van der Waals surface area contributed by atoms with E-state index in [0.717, 1.165) is 7.76 Å². The van der Waals surface area contributed by atoms with E-state index < -0.39 is 0 Å². The number of hydrogen-bond donors (Lipinski definition) is 0. The maximum Gasteiger partial charge on any atom is 0.293 e. The second-order valence-corrected chi connectivity index (χ2v) is 6.80. The molecule has 0 radical (unpaired) electrons. The first-order valence-corrected chi connectivity index (χ1v) is 7.33. The van der Waals surface area contributed by atoms with Gasteiger partial charge in [-0.15, -0.1) is 22.7 Å². The molecule has 0 spiro atoms. The van der Waals surface area contributed by atoms with E-state index in [4.69, 9.17) is 0 Å². The van der Waals surface area contributed by atoms with Gasteiger partial charge in [0.1, 0.15) is 2.88 Å². The van der Waals surface area contributed by atoms with Crippen molar-refractivity contribution in [3.63, 3.8) is 0 Å². The average Bonchev–Trinajstić information content (AvgIpc) is 2.87. The van der Waals surface area contributed by atoms with Gasteiger partial charge < -0.3 is 0 Å². The van der Waals surface area contributed by atoms with E-state index in [1.165, 1.54) is 34.8 Å². The quantitative estimate of drug-likeness (QED) is 0.431. The molecule has 0 amide bonds. The lowest BCUT2D eigenvalue weighted by molar-refractivity contribution is -0.385. The predicted molar refractivity (Wildman–Crippen MR) is 79.4 cm³/mol. The van der Waals surface area contributed by atoms with E-state index in [1.54, 1.807) is 17.7 Å². The summed E-state index contributed by atoms with van der Waals surface area (Å²) in [5.41, 5.74) is 0.431. The third-order valence-electron chi connectivity index (χ3n) is 1.82. The number of nitrogens with zero attached hydrogens (tertiary/aromatic N) is 2. The van der Waals surface area contributed by atoms with Crippen molar-refractivity contribution < 1.29 is 9.85 Å². The number of nitro groups is 2. The monoisotopic (exact) mass is 398 g/mol.